The number of benzene rings is 1. The zero-order chi connectivity index (χ0) is 25.2. The van der Waals surface area contributed by atoms with E-state index in [1.165, 1.54) is 13.2 Å². The number of methoxy groups -OCH3 is 1. The highest BCUT2D eigenvalue weighted by atomic mass is 35.5. The number of aromatic hydroxyl groups is 1. The van der Waals surface area contributed by atoms with Crippen LogP contribution < -0.4 is 10.1 Å². The van der Waals surface area contributed by atoms with Gasteiger partial charge in [-0.1, -0.05) is 25.4 Å². The van der Waals surface area contributed by atoms with Crippen molar-refractivity contribution < 1.29 is 33.7 Å². The summed E-state index contributed by atoms with van der Waals surface area (Å²) in [7, 11) is 1.24. The molecule has 0 aromatic heterocycles. The third-order valence-electron chi connectivity index (χ3n) is 6.08. The molecule has 184 valence electrons. The predicted octanol–water partition coefficient (Wildman–Crippen LogP) is 4.01. The summed E-state index contributed by atoms with van der Waals surface area (Å²) in [6, 6.07) is 3.06. The van der Waals surface area contributed by atoms with Gasteiger partial charge < -0.3 is 24.6 Å². The molecule has 3 rings (SSSR count). The predicted molar refractivity (Wildman–Crippen MR) is 125 cm³/mol. The van der Waals surface area contributed by atoms with Crippen molar-refractivity contribution in [1.29, 1.82) is 0 Å². The zero-order valence-corrected chi connectivity index (χ0v) is 20.7. The number of hydrogen-bond acceptors (Lipinski definition) is 8. The maximum Gasteiger partial charge on any atom is 0.336 e. The first-order chi connectivity index (χ1) is 16.2. The maximum absolute atomic E-state index is 13.7. The third kappa shape index (κ3) is 4.64. The molecular weight excluding hydrogens is 462 g/mol. The first-order valence-electron chi connectivity index (χ1n) is 11.3. The van der Waals surface area contributed by atoms with E-state index in [4.69, 9.17) is 25.8 Å². The van der Waals surface area contributed by atoms with Crippen molar-refractivity contribution in [2.75, 3.05) is 20.3 Å². The lowest BCUT2D eigenvalue weighted by atomic mass is 9.69. The number of dihydropyridines is 1. The Kier molecular flexibility index (Phi) is 7.92. The summed E-state index contributed by atoms with van der Waals surface area (Å²) in [5.74, 6) is -3.89. The van der Waals surface area contributed by atoms with Crippen LogP contribution >= 0.6 is 11.6 Å². The number of ketones is 1. The van der Waals surface area contributed by atoms with Crippen molar-refractivity contribution >= 4 is 29.3 Å². The largest absolute Gasteiger partial charge is 0.503 e. The molecule has 34 heavy (non-hydrogen) atoms. The Morgan fingerprint density at radius 3 is 2.59 bits per heavy atom. The zero-order valence-electron chi connectivity index (χ0n) is 20.0. The van der Waals surface area contributed by atoms with Crippen LogP contribution in [0.5, 0.6) is 11.5 Å². The Bertz CT molecular complexity index is 1080. The van der Waals surface area contributed by atoms with Gasteiger partial charge in [-0.15, -0.1) is 0 Å². The fourth-order valence-electron chi connectivity index (χ4n) is 4.58. The molecule has 1 aliphatic carbocycles. The molecule has 0 bridgehead atoms. The van der Waals surface area contributed by atoms with Gasteiger partial charge in [0.1, 0.15) is 5.92 Å². The summed E-state index contributed by atoms with van der Waals surface area (Å²) in [6.45, 7) is 7.68. The fraction of sp³-hybridized carbons (Fsp3) is 0.480. The third-order valence-corrected chi connectivity index (χ3v) is 6.37. The monoisotopic (exact) mass is 491 g/mol. The van der Waals surface area contributed by atoms with Crippen LogP contribution in [0, 0.1) is 11.8 Å². The van der Waals surface area contributed by atoms with Crippen molar-refractivity contribution in [2.45, 2.75) is 46.5 Å². The summed E-state index contributed by atoms with van der Waals surface area (Å²) in [4.78, 5) is 39.4. The summed E-state index contributed by atoms with van der Waals surface area (Å²) in [5, 5.41) is 13.6. The number of ether oxygens (including phenoxy) is 3. The van der Waals surface area contributed by atoms with Crippen LogP contribution in [-0.4, -0.2) is 43.2 Å². The second-order valence-corrected chi connectivity index (χ2v) is 8.86. The van der Waals surface area contributed by atoms with E-state index in [0.717, 1.165) is 0 Å². The smallest absolute Gasteiger partial charge is 0.336 e. The first kappa shape index (κ1) is 25.6. The summed E-state index contributed by atoms with van der Waals surface area (Å²) >= 11 is 6.30. The molecule has 0 amide bonds. The quantitative estimate of drug-likeness (QED) is 0.434. The molecular formula is C25H30ClNO7. The van der Waals surface area contributed by atoms with E-state index in [0.29, 0.717) is 29.8 Å². The number of esters is 2. The molecule has 0 radical (unpaired) electrons. The van der Waals surface area contributed by atoms with Crippen LogP contribution in [0.2, 0.25) is 5.02 Å². The van der Waals surface area contributed by atoms with Crippen molar-refractivity contribution in [1.82, 2.24) is 5.32 Å². The van der Waals surface area contributed by atoms with Gasteiger partial charge in [0.15, 0.2) is 17.3 Å². The Balaban J connectivity index is 2.24. The molecule has 2 N–H and O–H groups in total. The number of carbonyl (C=O) groups excluding carboxylic acids is 3. The highest BCUT2D eigenvalue weighted by Crippen LogP contribution is 2.48. The topological polar surface area (TPSA) is 111 Å². The number of Topliss-reactive ketones (excluding diaryl/α,β-unsaturated/α-hetero) is 1. The van der Waals surface area contributed by atoms with Crippen molar-refractivity contribution in [3.63, 3.8) is 0 Å². The van der Waals surface area contributed by atoms with Gasteiger partial charge in [0.25, 0.3) is 0 Å². The van der Waals surface area contributed by atoms with E-state index in [1.54, 1.807) is 19.9 Å². The number of rotatable bonds is 7. The standard InChI is InChI=1S/C25H30ClNO7/c1-6-8-34-25(31)19-13(4)27-16-9-12(3)18(24(30)32-5)23(29)21(16)20(19)14-10-15(26)22(28)17(11-14)33-7-2/h10-12,18,20,27-28H,6-9H2,1-5H3/t12-,18+,20-/m0/s1. The van der Waals surface area contributed by atoms with Crippen LogP contribution in [0.1, 0.15) is 52.0 Å². The number of phenolic OH excluding ortho intramolecular Hbond substituents is 1. The van der Waals surface area contributed by atoms with Gasteiger partial charge in [0.05, 0.1) is 30.9 Å². The van der Waals surface area contributed by atoms with Gasteiger partial charge in [-0.25, -0.2) is 4.79 Å². The van der Waals surface area contributed by atoms with Gasteiger partial charge in [-0.2, -0.15) is 0 Å². The van der Waals surface area contributed by atoms with Crippen LogP contribution in [0.3, 0.4) is 0 Å². The van der Waals surface area contributed by atoms with Crippen LogP contribution in [0.15, 0.2) is 34.7 Å². The van der Waals surface area contributed by atoms with Crippen LogP contribution in [0.25, 0.3) is 0 Å². The number of allylic oxidation sites excluding steroid dienone is 3. The number of phenols is 1. The number of hydrogen-bond donors (Lipinski definition) is 2. The van der Waals surface area contributed by atoms with Gasteiger partial charge in [0, 0.05) is 22.9 Å². The highest BCUT2D eigenvalue weighted by molar-refractivity contribution is 6.32. The average Bonchev–Trinajstić information content (AvgIpc) is 2.79. The highest BCUT2D eigenvalue weighted by Gasteiger charge is 2.47. The Labute approximate surface area is 203 Å². The molecule has 9 heteroatoms. The van der Waals surface area contributed by atoms with Crippen LogP contribution in [-0.2, 0) is 23.9 Å². The maximum atomic E-state index is 13.7. The van der Waals surface area contributed by atoms with E-state index in [2.05, 4.69) is 5.32 Å². The molecule has 0 saturated carbocycles. The Morgan fingerprint density at radius 2 is 1.97 bits per heavy atom. The van der Waals surface area contributed by atoms with Gasteiger partial charge in [-0.3, -0.25) is 9.59 Å². The van der Waals surface area contributed by atoms with Gasteiger partial charge in [-0.05, 0) is 50.3 Å². The molecule has 2 aliphatic rings. The number of nitrogens with one attached hydrogen (secondary N) is 1. The second-order valence-electron chi connectivity index (χ2n) is 8.45. The molecule has 1 heterocycles. The Morgan fingerprint density at radius 1 is 1.26 bits per heavy atom. The van der Waals surface area contributed by atoms with E-state index in [1.807, 2.05) is 13.8 Å². The minimum atomic E-state index is -1.00. The van der Waals surface area contributed by atoms with Crippen molar-refractivity contribution in [3.05, 3.63) is 45.3 Å². The SMILES string of the molecule is CCCOC(=O)C1=C(C)NC2=C(C(=O)[C@H](C(=O)OC)[C@@H](C)C2)[C@H]1c1cc(Cl)c(O)c(OCC)c1. The van der Waals surface area contributed by atoms with Crippen molar-refractivity contribution in [3.8, 4) is 11.5 Å². The summed E-state index contributed by atoms with van der Waals surface area (Å²) < 4.78 is 15.9. The minimum absolute atomic E-state index is 0.0155. The fourth-order valence-corrected chi connectivity index (χ4v) is 4.80. The summed E-state index contributed by atoms with van der Waals surface area (Å²) in [6.07, 6.45) is 1.04. The molecule has 1 aromatic carbocycles. The first-order valence-corrected chi connectivity index (χ1v) is 11.7. The van der Waals surface area contributed by atoms with E-state index in [-0.39, 0.29) is 46.8 Å². The molecule has 1 aliphatic heterocycles. The van der Waals surface area contributed by atoms with E-state index >= 15 is 0 Å². The average molecular weight is 492 g/mol. The molecule has 0 fully saturated rings. The van der Waals surface area contributed by atoms with E-state index in [9.17, 15) is 19.5 Å². The van der Waals surface area contributed by atoms with Crippen LogP contribution in [0.4, 0.5) is 0 Å². The number of halogens is 1. The van der Waals surface area contributed by atoms with E-state index < -0.39 is 29.6 Å². The van der Waals surface area contributed by atoms with Gasteiger partial charge >= 0.3 is 11.9 Å². The van der Waals surface area contributed by atoms with Gasteiger partial charge in [0.2, 0.25) is 0 Å². The lowest BCUT2D eigenvalue weighted by Crippen LogP contribution is -2.43. The molecule has 3 atom stereocenters. The normalized spacial score (nSPS) is 22.2. The minimum Gasteiger partial charge on any atom is -0.503 e. The lowest BCUT2D eigenvalue weighted by molar-refractivity contribution is -0.151. The summed E-state index contributed by atoms with van der Waals surface area (Å²) in [5.41, 5.74) is 2.17. The molecule has 0 saturated heterocycles. The number of carbonyl (C=O) groups is 3. The Hall–Kier alpha value is -3.00. The molecule has 0 spiro atoms. The second kappa shape index (κ2) is 10.5. The lowest BCUT2D eigenvalue weighted by Gasteiger charge is -2.38. The molecule has 0 unspecified atom stereocenters. The molecule has 8 nitrogen and oxygen atoms in total. The van der Waals surface area contributed by atoms with Crippen molar-refractivity contribution in [2.24, 2.45) is 11.8 Å². The molecule has 1 aromatic rings.